The predicted molar refractivity (Wildman–Crippen MR) is 68.0 cm³/mol. The number of halogens is 1. The molecule has 1 atom stereocenters. The fourth-order valence-corrected chi connectivity index (χ4v) is 2.03. The van der Waals surface area contributed by atoms with Crippen molar-refractivity contribution in [1.82, 2.24) is 5.32 Å². The van der Waals surface area contributed by atoms with Crippen LogP contribution in [-0.2, 0) is 4.79 Å². The maximum Gasteiger partial charge on any atom is 0.322 e. The van der Waals surface area contributed by atoms with Crippen molar-refractivity contribution >= 4 is 29.3 Å². The van der Waals surface area contributed by atoms with Gasteiger partial charge in [-0.15, -0.1) is 0 Å². The molecule has 5 nitrogen and oxygen atoms in total. The summed E-state index contributed by atoms with van der Waals surface area (Å²) in [5.74, 6) is -0.853. The molecule has 2 amide bonds. The van der Waals surface area contributed by atoms with E-state index in [1.165, 1.54) is 0 Å². The van der Waals surface area contributed by atoms with Gasteiger partial charge in [0, 0.05) is 29.7 Å². The number of carboxylic acids is 1. The van der Waals surface area contributed by atoms with Crippen molar-refractivity contribution in [3.63, 3.8) is 0 Å². The largest absolute Gasteiger partial charge is 0.481 e. The van der Waals surface area contributed by atoms with Gasteiger partial charge < -0.3 is 10.4 Å². The van der Waals surface area contributed by atoms with E-state index in [1.54, 1.807) is 29.2 Å². The Morgan fingerprint density at radius 1 is 1.44 bits per heavy atom. The molecule has 0 saturated carbocycles. The molecule has 1 heterocycles. The molecule has 6 heteroatoms. The zero-order valence-corrected chi connectivity index (χ0v) is 10.4. The number of nitrogens with one attached hydrogen (secondary N) is 1. The van der Waals surface area contributed by atoms with Crippen molar-refractivity contribution in [3.8, 4) is 0 Å². The first-order chi connectivity index (χ1) is 8.56. The van der Waals surface area contributed by atoms with Gasteiger partial charge in [-0.3, -0.25) is 9.69 Å². The lowest BCUT2D eigenvalue weighted by molar-refractivity contribution is -0.137. The number of aliphatic carboxylic acids is 1. The average Bonchev–Trinajstić information content (AvgIpc) is 2.69. The molecule has 1 aliphatic heterocycles. The van der Waals surface area contributed by atoms with Gasteiger partial charge in [0.1, 0.15) is 0 Å². The summed E-state index contributed by atoms with van der Waals surface area (Å²) >= 11 is 5.78. The molecule has 1 saturated heterocycles. The van der Waals surface area contributed by atoms with E-state index in [9.17, 15) is 9.59 Å². The fourth-order valence-electron chi connectivity index (χ4n) is 1.91. The van der Waals surface area contributed by atoms with E-state index < -0.39 is 5.97 Å². The molecule has 2 N–H and O–H groups in total. The van der Waals surface area contributed by atoms with Crippen LogP contribution in [0.5, 0.6) is 0 Å². The Labute approximate surface area is 109 Å². The number of benzene rings is 1. The second-order valence-electron chi connectivity index (χ2n) is 4.17. The number of urea groups is 1. The third-order valence-corrected chi connectivity index (χ3v) is 3.07. The molecule has 18 heavy (non-hydrogen) atoms. The smallest absolute Gasteiger partial charge is 0.322 e. The molecule has 0 spiro atoms. The van der Waals surface area contributed by atoms with Gasteiger partial charge in [0.15, 0.2) is 0 Å². The summed E-state index contributed by atoms with van der Waals surface area (Å²) in [6, 6.07) is 6.64. The third kappa shape index (κ3) is 2.92. The molecular formula is C12H13ClN2O3. The fraction of sp³-hybridized carbons (Fsp3) is 0.333. The van der Waals surface area contributed by atoms with Crippen LogP contribution in [0.3, 0.4) is 0 Å². The minimum atomic E-state index is -0.853. The second kappa shape index (κ2) is 5.27. The van der Waals surface area contributed by atoms with Crippen LogP contribution >= 0.6 is 11.6 Å². The van der Waals surface area contributed by atoms with Gasteiger partial charge in [-0.2, -0.15) is 0 Å². The van der Waals surface area contributed by atoms with Crippen LogP contribution in [0.15, 0.2) is 24.3 Å². The highest BCUT2D eigenvalue weighted by Crippen LogP contribution is 2.21. The molecule has 1 fully saturated rings. The van der Waals surface area contributed by atoms with E-state index in [1.807, 2.05) is 0 Å². The number of anilines is 1. The number of nitrogens with zero attached hydrogens (tertiary/aromatic N) is 1. The van der Waals surface area contributed by atoms with E-state index in [0.29, 0.717) is 18.0 Å². The third-order valence-electron chi connectivity index (χ3n) is 2.82. The zero-order valence-electron chi connectivity index (χ0n) is 9.60. The van der Waals surface area contributed by atoms with Gasteiger partial charge in [-0.1, -0.05) is 11.6 Å². The quantitative estimate of drug-likeness (QED) is 0.879. The van der Waals surface area contributed by atoms with Gasteiger partial charge >= 0.3 is 12.0 Å². The van der Waals surface area contributed by atoms with E-state index in [2.05, 4.69) is 5.32 Å². The van der Waals surface area contributed by atoms with E-state index in [4.69, 9.17) is 16.7 Å². The Balaban J connectivity index is 2.00. The Bertz CT molecular complexity index is 461. The Morgan fingerprint density at radius 3 is 2.72 bits per heavy atom. The average molecular weight is 269 g/mol. The molecule has 0 aromatic heterocycles. The van der Waals surface area contributed by atoms with E-state index in [0.717, 1.165) is 5.69 Å². The predicted octanol–water partition coefficient (Wildman–Crippen LogP) is 2.10. The summed E-state index contributed by atoms with van der Waals surface area (Å²) in [5, 5.41) is 12.0. The molecule has 1 aromatic rings. The number of hydrogen-bond donors (Lipinski definition) is 2. The van der Waals surface area contributed by atoms with Crippen LogP contribution in [0, 0.1) is 0 Å². The van der Waals surface area contributed by atoms with Crippen molar-refractivity contribution in [2.45, 2.75) is 18.9 Å². The zero-order chi connectivity index (χ0) is 13.1. The summed E-state index contributed by atoms with van der Waals surface area (Å²) in [7, 11) is 0. The SMILES string of the molecule is O=C(O)CCC1CN(c2ccc(Cl)cc2)C(=O)N1. The van der Waals surface area contributed by atoms with Crippen molar-refractivity contribution in [1.29, 1.82) is 0 Å². The van der Waals surface area contributed by atoms with Gasteiger partial charge in [-0.25, -0.2) is 4.79 Å². The minimum Gasteiger partial charge on any atom is -0.481 e. The highest BCUT2D eigenvalue weighted by atomic mass is 35.5. The Kier molecular flexibility index (Phi) is 3.72. The number of carbonyl (C=O) groups is 2. The number of rotatable bonds is 4. The van der Waals surface area contributed by atoms with Gasteiger partial charge in [0.05, 0.1) is 0 Å². The summed E-state index contributed by atoms with van der Waals surface area (Å²) in [6.07, 6.45) is 0.491. The lowest BCUT2D eigenvalue weighted by atomic mass is 10.1. The van der Waals surface area contributed by atoms with Crippen LogP contribution in [0.1, 0.15) is 12.8 Å². The van der Waals surface area contributed by atoms with Crippen LogP contribution in [0.2, 0.25) is 5.02 Å². The van der Waals surface area contributed by atoms with Crippen molar-refractivity contribution in [2.75, 3.05) is 11.4 Å². The lowest BCUT2D eigenvalue weighted by Crippen LogP contribution is -2.28. The van der Waals surface area contributed by atoms with Gasteiger partial charge in [-0.05, 0) is 30.7 Å². The molecule has 2 rings (SSSR count). The van der Waals surface area contributed by atoms with Crippen molar-refractivity contribution < 1.29 is 14.7 Å². The number of hydrogen-bond acceptors (Lipinski definition) is 2. The maximum absolute atomic E-state index is 11.7. The number of carboxylic acid groups (broad SMARTS) is 1. The van der Waals surface area contributed by atoms with E-state index >= 15 is 0 Å². The number of carbonyl (C=O) groups excluding carboxylic acids is 1. The van der Waals surface area contributed by atoms with E-state index in [-0.39, 0.29) is 18.5 Å². The molecule has 0 aliphatic carbocycles. The highest BCUT2D eigenvalue weighted by Gasteiger charge is 2.29. The van der Waals surface area contributed by atoms with Crippen LogP contribution in [0.4, 0.5) is 10.5 Å². The normalized spacial score (nSPS) is 18.8. The first-order valence-corrected chi connectivity index (χ1v) is 5.99. The summed E-state index contributed by atoms with van der Waals surface area (Å²) in [5.41, 5.74) is 0.759. The Hall–Kier alpha value is -1.75. The summed E-state index contributed by atoms with van der Waals surface area (Å²) in [6.45, 7) is 0.480. The minimum absolute atomic E-state index is 0.0550. The molecule has 1 aromatic carbocycles. The first-order valence-electron chi connectivity index (χ1n) is 5.61. The van der Waals surface area contributed by atoms with Crippen LogP contribution < -0.4 is 10.2 Å². The summed E-state index contributed by atoms with van der Waals surface area (Å²) < 4.78 is 0. The molecular weight excluding hydrogens is 256 g/mol. The van der Waals surface area contributed by atoms with Gasteiger partial charge in [0.2, 0.25) is 0 Å². The molecule has 0 radical (unpaired) electrons. The standard InChI is InChI=1S/C12H13ClN2O3/c13-8-1-4-10(5-2-8)15-7-9(14-12(15)18)3-6-11(16)17/h1-2,4-5,9H,3,6-7H2,(H,14,18)(H,16,17). The Morgan fingerprint density at radius 2 is 2.11 bits per heavy atom. The molecule has 1 aliphatic rings. The van der Waals surface area contributed by atoms with Crippen LogP contribution in [-0.4, -0.2) is 29.7 Å². The summed E-state index contributed by atoms with van der Waals surface area (Å²) in [4.78, 5) is 23.8. The number of amides is 2. The molecule has 96 valence electrons. The first kappa shape index (κ1) is 12.7. The monoisotopic (exact) mass is 268 g/mol. The molecule has 0 bridgehead atoms. The van der Waals surface area contributed by atoms with Crippen LogP contribution in [0.25, 0.3) is 0 Å². The molecule has 1 unspecified atom stereocenters. The topological polar surface area (TPSA) is 69.6 Å². The second-order valence-corrected chi connectivity index (χ2v) is 4.60. The maximum atomic E-state index is 11.7. The highest BCUT2D eigenvalue weighted by molar-refractivity contribution is 6.30. The lowest BCUT2D eigenvalue weighted by Gasteiger charge is -2.14. The van der Waals surface area contributed by atoms with Crippen molar-refractivity contribution in [3.05, 3.63) is 29.3 Å². The van der Waals surface area contributed by atoms with Gasteiger partial charge in [0.25, 0.3) is 0 Å². The van der Waals surface area contributed by atoms with Crippen molar-refractivity contribution in [2.24, 2.45) is 0 Å².